The molecule has 2 heterocycles. The van der Waals surface area contributed by atoms with Crippen LogP contribution in [0.2, 0.25) is 0 Å². The normalized spacial score (nSPS) is 15.9. The molecule has 2 aromatic rings. The van der Waals surface area contributed by atoms with Crippen LogP contribution >= 0.6 is 0 Å². The molecule has 3 heteroatoms. The molecule has 0 saturated heterocycles. The Morgan fingerprint density at radius 1 is 1.12 bits per heavy atom. The van der Waals surface area contributed by atoms with Crippen molar-refractivity contribution in [1.82, 2.24) is 4.90 Å². The first-order chi connectivity index (χ1) is 8.33. The molecule has 0 saturated carbocycles. The predicted molar refractivity (Wildman–Crippen MR) is 63.6 cm³/mol. The molecule has 1 aromatic heterocycles. The quantitative estimate of drug-likeness (QED) is 0.790. The van der Waals surface area contributed by atoms with Gasteiger partial charge in [0.05, 0.1) is 24.9 Å². The summed E-state index contributed by atoms with van der Waals surface area (Å²) in [6, 6.07) is 11.9. The summed E-state index contributed by atoms with van der Waals surface area (Å²) in [5.74, 6) is 0.938. The molecule has 0 radical (unpaired) electrons. The molecule has 0 N–H and O–H groups in total. The zero-order valence-corrected chi connectivity index (χ0v) is 9.43. The van der Waals surface area contributed by atoms with Gasteiger partial charge in [-0.05, 0) is 11.6 Å². The third-order valence-electron chi connectivity index (χ3n) is 3.03. The van der Waals surface area contributed by atoms with E-state index in [1.165, 1.54) is 5.56 Å². The summed E-state index contributed by atoms with van der Waals surface area (Å²) in [4.78, 5) is 13.9. The highest BCUT2D eigenvalue weighted by Gasteiger charge is 2.25. The minimum Gasteiger partial charge on any atom is -0.467 e. The number of carbonyl (C=O) groups excluding carboxylic acids is 1. The molecule has 0 spiro atoms. The van der Waals surface area contributed by atoms with Crippen molar-refractivity contribution in [3.8, 4) is 0 Å². The zero-order chi connectivity index (χ0) is 11.7. The maximum absolute atomic E-state index is 11.8. The van der Waals surface area contributed by atoms with Crippen molar-refractivity contribution >= 4 is 5.78 Å². The fourth-order valence-electron chi connectivity index (χ4n) is 2.21. The average molecular weight is 227 g/mol. The standard InChI is InChI=1S/C14H13NO2/c16-13-9-15(8-11-4-2-1-3-5-11)10-14-12(13)6-7-17-14/h1-7H,8-10H2. The summed E-state index contributed by atoms with van der Waals surface area (Å²) in [6.07, 6.45) is 1.59. The molecular formula is C14H13NO2. The van der Waals surface area contributed by atoms with E-state index < -0.39 is 0 Å². The van der Waals surface area contributed by atoms with E-state index in [0.29, 0.717) is 13.1 Å². The second-order valence-electron chi connectivity index (χ2n) is 4.31. The van der Waals surface area contributed by atoms with Crippen LogP contribution in [0, 0.1) is 0 Å². The number of furan rings is 1. The van der Waals surface area contributed by atoms with Crippen LogP contribution in [0.15, 0.2) is 47.1 Å². The van der Waals surface area contributed by atoms with Gasteiger partial charge in [0.2, 0.25) is 0 Å². The van der Waals surface area contributed by atoms with Gasteiger partial charge >= 0.3 is 0 Å². The lowest BCUT2D eigenvalue weighted by atomic mass is 10.1. The molecule has 0 atom stereocenters. The number of ketones is 1. The van der Waals surface area contributed by atoms with Gasteiger partial charge in [-0.15, -0.1) is 0 Å². The van der Waals surface area contributed by atoms with Crippen LogP contribution in [-0.4, -0.2) is 17.2 Å². The van der Waals surface area contributed by atoms with Gasteiger partial charge in [-0.25, -0.2) is 0 Å². The molecule has 0 aliphatic carbocycles. The van der Waals surface area contributed by atoms with Crippen LogP contribution in [0.4, 0.5) is 0 Å². The molecule has 3 nitrogen and oxygen atoms in total. The van der Waals surface area contributed by atoms with Crippen molar-refractivity contribution in [3.05, 3.63) is 59.5 Å². The number of fused-ring (bicyclic) bond motifs is 1. The predicted octanol–water partition coefficient (Wildman–Crippen LogP) is 2.48. The lowest BCUT2D eigenvalue weighted by Gasteiger charge is -2.24. The molecular weight excluding hydrogens is 214 g/mol. The lowest BCUT2D eigenvalue weighted by molar-refractivity contribution is 0.0881. The number of Topliss-reactive ketones (excluding diaryl/α,β-unsaturated/α-hetero) is 1. The maximum Gasteiger partial charge on any atom is 0.180 e. The molecule has 0 amide bonds. The van der Waals surface area contributed by atoms with E-state index >= 15 is 0 Å². The molecule has 1 aliphatic rings. The Bertz CT molecular complexity index is 530. The summed E-state index contributed by atoms with van der Waals surface area (Å²) >= 11 is 0. The molecule has 1 aromatic carbocycles. The van der Waals surface area contributed by atoms with Gasteiger partial charge in [0.15, 0.2) is 5.78 Å². The minimum absolute atomic E-state index is 0.149. The fourth-order valence-corrected chi connectivity index (χ4v) is 2.21. The van der Waals surface area contributed by atoms with Crippen LogP contribution in [0.1, 0.15) is 21.7 Å². The zero-order valence-electron chi connectivity index (χ0n) is 9.43. The van der Waals surface area contributed by atoms with Crippen molar-refractivity contribution in [1.29, 1.82) is 0 Å². The molecule has 86 valence electrons. The summed E-state index contributed by atoms with van der Waals surface area (Å²) in [7, 11) is 0. The summed E-state index contributed by atoms with van der Waals surface area (Å²) < 4.78 is 5.33. The third-order valence-corrected chi connectivity index (χ3v) is 3.03. The first-order valence-corrected chi connectivity index (χ1v) is 5.69. The van der Waals surface area contributed by atoms with Crippen LogP contribution in [0.25, 0.3) is 0 Å². The second-order valence-corrected chi connectivity index (χ2v) is 4.31. The molecule has 0 bridgehead atoms. The molecule has 1 aliphatic heterocycles. The number of rotatable bonds is 2. The lowest BCUT2D eigenvalue weighted by Crippen LogP contribution is -2.33. The number of nitrogens with zero attached hydrogens (tertiary/aromatic N) is 1. The van der Waals surface area contributed by atoms with Crippen LogP contribution in [0.5, 0.6) is 0 Å². The van der Waals surface area contributed by atoms with Gasteiger partial charge in [0.1, 0.15) is 5.76 Å². The van der Waals surface area contributed by atoms with Gasteiger partial charge in [-0.1, -0.05) is 30.3 Å². The Labute approximate surface area is 99.7 Å². The third kappa shape index (κ3) is 2.01. The fraction of sp³-hybridized carbons (Fsp3) is 0.214. The molecule has 0 fully saturated rings. The van der Waals surface area contributed by atoms with E-state index in [1.54, 1.807) is 12.3 Å². The summed E-state index contributed by atoms with van der Waals surface area (Å²) in [5.41, 5.74) is 1.96. The van der Waals surface area contributed by atoms with Crippen LogP contribution < -0.4 is 0 Å². The number of hydrogen-bond acceptors (Lipinski definition) is 3. The highest BCUT2D eigenvalue weighted by Crippen LogP contribution is 2.21. The highest BCUT2D eigenvalue weighted by atomic mass is 16.3. The van der Waals surface area contributed by atoms with Crippen molar-refractivity contribution < 1.29 is 9.21 Å². The van der Waals surface area contributed by atoms with Crippen molar-refractivity contribution in [2.24, 2.45) is 0 Å². The van der Waals surface area contributed by atoms with E-state index in [-0.39, 0.29) is 5.78 Å². The van der Waals surface area contributed by atoms with Gasteiger partial charge in [-0.3, -0.25) is 9.69 Å². The Kier molecular flexibility index (Phi) is 2.53. The number of carbonyl (C=O) groups is 1. The second kappa shape index (κ2) is 4.18. The first-order valence-electron chi connectivity index (χ1n) is 5.69. The average Bonchev–Trinajstić information content (AvgIpc) is 2.79. The summed E-state index contributed by atoms with van der Waals surface area (Å²) in [5, 5.41) is 0. The maximum atomic E-state index is 11.8. The van der Waals surface area contributed by atoms with E-state index in [9.17, 15) is 4.79 Å². The smallest absolute Gasteiger partial charge is 0.180 e. The van der Waals surface area contributed by atoms with Gasteiger partial charge < -0.3 is 4.42 Å². The Morgan fingerprint density at radius 2 is 1.94 bits per heavy atom. The Hall–Kier alpha value is -1.87. The van der Waals surface area contributed by atoms with Crippen molar-refractivity contribution in [3.63, 3.8) is 0 Å². The number of hydrogen-bond donors (Lipinski definition) is 0. The SMILES string of the molecule is O=C1CN(Cc2ccccc2)Cc2occc21. The van der Waals surface area contributed by atoms with Crippen LogP contribution in [0.3, 0.4) is 0 Å². The molecule has 3 rings (SSSR count). The van der Waals surface area contributed by atoms with Crippen molar-refractivity contribution in [2.45, 2.75) is 13.1 Å². The minimum atomic E-state index is 0.149. The first kappa shape index (κ1) is 10.3. The number of benzene rings is 1. The Morgan fingerprint density at radius 3 is 2.76 bits per heavy atom. The topological polar surface area (TPSA) is 33.5 Å². The van der Waals surface area contributed by atoms with E-state index in [1.807, 2.05) is 18.2 Å². The van der Waals surface area contributed by atoms with Gasteiger partial charge in [0.25, 0.3) is 0 Å². The Balaban J connectivity index is 1.78. The monoisotopic (exact) mass is 227 g/mol. The highest BCUT2D eigenvalue weighted by molar-refractivity contribution is 5.99. The van der Waals surface area contributed by atoms with Crippen molar-refractivity contribution in [2.75, 3.05) is 6.54 Å². The summed E-state index contributed by atoms with van der Waals surface area (Å²) in [6.45, 7) is 1.97. The van der Waals surface area contributed by atoms with E-state index in [4.69, 9.17) is 4.42 Å². The van der Waals surface area contributed by atoms with Crippen LogP contribution in [-0.2, 0) is 13.1 Å². The van der Waals surface area contributed by atoms with E-state index in [0.717, 1.165) is 17.9 Å². The van der Waals surface area contributed by atoms with E-state index in [2.05, 4.69) is 17.0 Å². The van der Waals surface area contributed by atoms with Gasteiger partial charge in [-0.2, -0.15) is 0 Å². The molecule has 17 heavy (non-hydrogen) atoms. The molecule has 0 unspecified atom stereocenters. The largest absolute Gasteiger partial charge is 0.467 e. The van der Waals surface area contributed by atoms with Gasteiger partial charge in [0, 0.05) is 6.54 Å².